The van der Waals surface area contributed by atoms with Crippen LogP contribution in [0.3, 0.4) is 0 Å². The molecule has 2 aromatic rings. The summed E-state index contributed by atoms with van der Waals surface area (Å²) < 4.78 is 6.06. The Morgan fingerprint density at radius 1 is 1.15 bits per heavy atom. The molecule has 6 nitrogen and oxygen atoms in total. The second-order valence-corrected chi connectivity index (χ2v) is 6.11. The van der Waals surface area contributed by atoms with Gasteiger partial charge < -0.3 is 20.3 Å². The summed E-state index contributed by atoms with van der Waals surface area (Å²) in [5.74, 6) is 0.629. The van der Waals surface area contributed by atoms with Gasteiger partial charge in [0.2, 0.25) is 0 Å². The molecular formula is C19H26Cl2N4O2. The van der Waals surface area contributed by atoms with Gasteiger partial charge in [0.15, 0.2) is 6.23 Å². The van der Waals surface area contributed by atoms with Gasteiger partial charge in [-0.05, 0) is 17.7 Å². The molecule has 0 saturated carbocycles. The van der Waals surface area contributed by atoms with E-state index in [1.165, 1.54) is 0 Å². The van der Waals surface area contributed by atoms with Gasteiger partial charge in [-0.25, -0.2) is 4.79 Å². The molecule has 1 aromatic carbocycles. The van der Waals surface area contributed by atoms with E-state index in [0.29, 0.717) is 18.8 Å². The summed E-state index contributed by atoms with van der Waals surface area (Å²) in [5, 5.41) is 6.29. The lowest BCUT2D eigenvalue weighted by molar-refractivity contribution is 0.124. The number of rotatable bonds is 5. The zero-order valence-electron chi connectivity index (χ0n) is 15.2. The van der Waals surface area contributed by atoms with Crippen LogP contribution in [0.1, 0.15) is 18.4 Å². The largest absolute Gasteiger partial charge is 0.468 e. The van der Waals surface area contributed by atoms with E-state index < -0.39 is 6.23 Å². The van der Waals surface area contributed by atoms with E-state index in [2.05, 4.69) is 22.5 Å². The van der Waals surface area contributed by atoms with Gasteiger partial charge in [-0.1, -0.05) is 37.3 Å². The molecule has 2 N–H and O–H groups in total. The average molecular weight is 413 g/mol. The van der Waals surface area contributed by atoms with Crippen LogP contribution < -0.4 is 15.4 Å². The van der Waals surface area contributed by atoms with Gasteiger partial charge in [0.05, 0.1) is 6.20 Å². The number of ether oxygens (including phenoxy) is 1. The number of urea groups is 1. The third-order valence-electron chi connectivity index (χ3n) is 4.35. The minimum atomic E-state index is -0.478. The average Bonchev–Trinajstić information content (AvgIpc) is 2.69. The molecule has 0 spiro atoms. The minimum Gasteiger partial charge on any atom is -0.468 e. The summed E-state index contributed by atoms with van der Waals surface area (Å²) in [6.07, 6.45) is 2.87. The zero-order valence-corrected chi connectivity index (χ0v) is 16.8. The molecule has 1 saturated heterocycles. The molecule has 8 heteroatoms. The Labute approximate surface area is 172 Å². The summed E-state index contributed by atoms with van der Waals surface area (Å²) in [4.78, 5) is 18.5. The van der Waals surface area contributed by atoms with Gasteiger partial charge in [0.25, 0.3) is 0 Å². The van der Waals surface area contributed by atoms with Crippen LogP contribution in [-0.2, 0) is 0 Å². The molecule has 148 valence electrons. The number of halogens is 2. The first-order valence-corrected chi connectivity index (χ1v) is 8.62. The summed E-state index contributed by atoms with van der Waals surface area (Å²) in [5.41, 5.74) is 1.11. The van der Waals surface area contributed by atoms with Gasteiger partial charge in [-0.3, -0.25) is 4.98 Å². The molecule has 2 amide bonds. The number of aromatic nitrogens is 1. The molecule has 2 atom stereocenters. The number of carbonyl (C=O) groups excluding carboxylic acids is 1. The molecule has 2 heterocycles. The lowest BCUT2D eigenvalue weighted by Gasteiger charge is -2.32. The first-order valence-electron chi connectivity index (χ1n) is 8.62. The van der Waals surface area contributed by atoms with Crippen LogP contribution in [0.15, 0.2) is 54.9 Å². The van der Waals surface area contributed by atoms with Gasteiger partial charge in [0.1, 0.15) is 5.75 Å². The molecule has 0 unspecified atom stereocenters. The Bertz CT molecular complexity index is 670. The van der Waals surface area contributed by atoms with E-state index in [-0.39, 0.29) is 36.8 Å². The third kappa shape index (κ3) is 6.57. The summed E-state index contributed by atoms with van der Waals surface area (Å²) in [6, 6.07) is 13.6. The quantitative estimate of drug-likeness (QED) is 0.740. The summed E-state index contributed by atoms with van der Waals surface area (Å²) in [7, 11) is 0. The van der Waals surface area contributed by atoms with Crippen LogP contribution in [0.25, 0.3) is 0 Å². The maximum atomic E-state index is 12.6. The van der Waals surface area contributed by atoms with Gasteiger partial charge >= 0.3 is 6.03 Å². The summed E-state index contributed by atoms with van der Waals surface area (Å²) >= 11 is 0. The van der Waals surface area contributed by atoms with Crippen molar-refractivity contribution in [2.24, 2.45) is 0 Å². The van der Waals surface area contributed by atoms with Crippen molar-refractivity contribution in [3.8, 4) is 5.75 Å². The molecular weight excluding hydrogens is 387 g/mol. The van der Waals surface area contributed by atoms with E-state index in [4.69, 9.17) is 4.74 Å². The molecule has 0 aliphatic carbocycles. The molecule has 1 aliphatic heterocycles. The van der Waals surface area contributed by atoms with Crippen LogP contribution in [0, 0.1) is 0 Å². The fraction of sp³-hybridized carbons (Fsp3) is 0.368. The standard InChI is InChI=1S/C19H24N4O2.2ClH/c1-15(16-6-3-2-4-7-16)18(25-17-8-5-9-21-14-17)22-19(24)23-12-10-20-11-13-23;;/h2-9,14-15,18,20H,10-13H2,1H3,(H,22,24);2*1H/t15-,18-;;/m1../s1. The highest BCUT2D eigenvalue weighted by molar-refractivity contribution is 5.85. The van der Waals surface area contributed by atoms with Crippen molar-refractivity contribution in [3.05, 3.63) is 60.4 Å². The number of nitrogens with one attached hydrogen (secondary N) is 2. The van der Waals surface area contributed by atoms with Crippen LogP contribution >= 0.6 is 24.8 Å². The van der Waals surface area contributed by atoms with Gasteiger partial charge in [-0.2, -0.15) is 0 Å². The highest BCUT2D eigenvalue weighted by atomic mass is 35.5. The lowest BCUT2D eigenvalue weighted by atomic mass is 9.99. The van der Waals surface area contributed by atoms with Crippen molar-refractivity contribution in [3.63, 3.8) is 0 Å². The molecule has 1 fully saturated rings. The van der Waals surface area contributed by atoms with Crippen molar-refractivity contribution in [1.82, 2.24) is 20.5 Å². The SMILES string of the molecule is C[C@H](c1ccccc1)[C@H](NC(=O)N1CCNCC1)Oc1cccnc1.Cl.Cl. The molecule has 1 aliphatic rings. The van der Waals surface area contributed by atoms with Gasteiger partial charge in [-0.15, -0.1) is 24.8 Å². The molecule has 27 heavy (non-hydrogen) atoms. The van der Waals surface area contributed by atoms with Crippen molar-refractivity contribution in [1.29, 1.82) is 0 Å². The Kier molecular flexibility index (Phi) is 9.93. The monoisotopic (exact) mass is 412 g/mol. The highest BCUT2D eigenvalue weighted by Gasteiger charge is 2.26. The number of benzene rings is 1. The second-order valence-electron chi connectivity index (χ2n) is 6.11. The summed E-state index contributed by atoms with van der Waals surface area (Å²) in [6.45, 7) is 5.08. The number of hydrogen-bond acceptors (Lipinski definition) is 4. The molecule has 0 bridgehead atoms. The normalized spacial score (nSPS) is 15.5. The van der Waals surface area contributed by atoms with Gasteiger partial charge in [0, 0.05) is 38.3 Å². The van der Waals surface area contributed by atoms with E-state index in [9.17, 15) is 4.79 Å². The third-order valence-corrected chi connectivity index (χ3v) is 4.35. The van der Waals surface area contributed by atoms with Crippen LogP contribution in [0.4, 0.5) is 4.79 Å². The minimum absolute atomic E-state index is 0. The fourth-order valence-corrected chi connectivity index (χ4v) is 2.83. The molecule has 3 rings (SSSR count). The first-order chi connectivity index (χ1) is 12.2. The van der Waals surface area contributed by atoms with Crippen LogP contribution in [-0.4, -0.2) is 48.3 Å². The topological polar surface area (TPSA) is 66.5 Å². The van der Waals surface area contributed by atoms with E-state index >= 15 is 0 Å². The Balaban J connectivity index is 0.00000182. The van der Waals surface area contributed by atoms with Crippen molar-refractivity contribution in [2.75, 3.05) is 26.2 Å². The Morgan fingerprint density at radius 2 is 1.85 bits per heavy atom. The Morgan fingerprint density at radius 3 is 2.48 bits per heavy atom. The lowest BCUT2D eigenvalue weighted by Crippen LogP contribution is -2.54. The first kappa shape index (κ1) is 23.0. The van der Waals surface area contributed by atoms with Crippen LogP contribution in [0.2, 0.25) is 0 Å². The number of hydrogen-bond donors (Lipinski definition) is 2. The smallest absolute Gasteiger partial charge is 0.320 e. The fourth-order valence-electron chi connectivity index (χ4n) is 2.83. The van der Waals surface area contributed by atoms with Crippen molar-refractivity contribution in [2.45, 2.75) is 19.1 Å². The van der Waals surface area contributed by atoms with Crippen molar-refractivity contribution >= 4 is 30.8 Å². The highest BCUT2D eigenvalue weighted by Crippen LogP contribution is 2.22. The number of carbonyl (C=O) groups is 1. The molecule has 0 radical (unpaired) electrons. The number of piperazine rings is 1. The van der Waals surface area contributed by atoms with E-state index in [0.717, 1.165) is 18.7 Å². The van der Waals surface area contributed by atoms with Crippen LogP contribution in [0.5, 0.6) is 5.75 Å². The maximum absolute atomic E-state index is 12.6. The predicted molar refractivity (Wildman–Crippen MR) is 111 cm³/mol. The number of nitrogens with zero attached hydrogens (tertiary/aromatic N) is 2. The maximum Gasteiger partial charge on any atom is 0.320 e. The Hall–Kier alpha value is -2.02. The number of amides is 2. The second kappa shape index (κ2) is 11.6. The predicted octanol–water partition coefficient (Wildman–Crippen LogP) is 3.05. The zero-order chi connectivity index (χ0) is 17.5. The molecule has 1 aromatic heterocycles. The van der Waals surface area contributed by atoms with E-state index in [1.807, 2.05) is 47.4 Å². The van der Waals surface area contributed by atoms with Crippen molar-refractivity contribution < 1.29 is 9.53 Å². The van der Waals surface area contributed by atoms with E-state index in [1.54, 1.807) is 12.4 Å². The number of pyridine rings is 1.